The van der Waals surface area contributed by atoms with Gasteiger partial charge >= 0.3 is 0 Å². The Balaban J connectivity index is 3.34. The van der Waals surface area contributed by atoms with Gasteiger partial charge in [0.2, 0.25) is 5.91 Å². The summed E-state index contributed by atoms with van der Waals surface area (Å²) in [4.78, 5) is 10.5. The maximum atomic E-state index is 10.5. The molecule has 0 aromatic carbocycles. The van der Waals surface area contributed by atoms with Gasteiger partial charge in [-0.15, -0.1) is 0 Å². The lowest BCUT2D eigenvalue weighted by molar-refractivity contribution is -0.118. The Labute approximate surface area is 80.9 Å². The highest BCUT2D eigenvalue weighted by Crippen LogP contribution is 1.93. The van der Waals surface area contributed by atoms with E-state index in [1.54, 1.807) is 0 Å². The van der Waals surface area contributed by atoms with E-state index in [1.807, 2.05) is 45.2 Å². The predicted octanol–water partition coefficient (Wildman–Crippen LogP) is 0.291. The average molecular weight is 355 g/mol. The van der Waals surface area contributed by atoms with E-state index in [-0.39, 0.29) is 16.6 Å². The number of alkyl halides is 2. The standard InChI is InChI=1S/C4H7I2NO2/c5-1-4(9)7-3(6)2-8/h3,8H,1-2H2,(H,7,9). The van der Waals surface area contributed by atoms with Crippen LogP contribution >= 0.6 is 45.2 Å². The molecule has 0 aliphatic carbocycles. The van der Waals surface area contributed by atoms with Crippen LogP contribution < -0.4 is 5.32 Å². The van der Waals surface area contributed by atoms with Crippen LogP contribution in [0, 0.1) is 0 Å². The molecule has 0 aliphatic heterocycles. The molecule has 1 atom stereocenters. The van der Waals surface area contributed by atoms with Crippen molar-refractivity contribution in [2.45, 2.75) is 4.05 Å². The third-order valence-corrected chi connectivity index (χ3v) is 2.00. The predicted molar refractivity (Wildman–Crippen MR) is 51.9 cm³/mol. The maximum Gasteiger partial charge on any atom is 0.230 e. The van der Waals surface area contributed by atoms with E-state index in [2.05, 4.69) is 5.32 Å². The van der Waals surface area contributed by atoms with Crippen LogP contribution in [-0.4, -0.2) is 26.1 Å². The molecule has 0 saturated heterocycles. The van der Waals surface area contributed by atoms with Crippen molar-refractivity contribution in [3.8, 4) is 0 Å². The van der Waals surface area contributed by atoms with Gasteiger partial charge in [0, 0.05) is 0 Å². The first-order valence-corrected chi connectivity index (χ1v) is 5.08. The second-order valence-corrected chi connectivity index (χ2v) is 3.62. The van der Waals surface area contributed by atoms with Crippen LogP contribution in [0.15, 0.2) is 0 Å². The number of hydrogen-bond donors (Lipinski definition) is 2. The number of aliphatic hydroxyl groups is 1. The van der Waals surface area contributed by atoms with Gasteiger partial charge in [0.25, 0.3) is 0 Å². The first-order chi connectivity index (χ1) is 4.20. The Morgan fingerprint density at radius 3 is 2.67 bits per heavy atom. The molecule has 0 rings (SSSR count). The van der Waals surface area contributed by atoms with Crippen LogP contribution in [0.1, 0.15) is 0 Å². The molecule has 1 amide bonds. The van der Waals surface area contributed by atoms with Crippen LogP contribution in [0.5, 0.6) is 0 Å². The molecule has 1 unspecified atom stereocenters. The van der Waals surface area contributed by atoms with Crippen molar-refractivity contribution in [3.63, 3.8) is 0 Å². The summed E-state index contributed by atoms with van der Waals surface area (Å²) in [6.07, 6.45) is 0. The van der Waals surface area contributed by atoms with E-state index < -0.39 is 0 Å². The van der Waals surface area contributed by atoms with Crippen molar-refractivity contribution in [1.82, 2.24) is 5.32 Å². The summed E-state index contributed by atoms with van der Waals surface area (Å²) in [5.74, 6) is -0.0379. The van der Waals surface area contributed by atoms with Gasteiger partial charge in [-0.05, 0) is 0 Å². The van der Waals surface area contributed by atoms with Crippen LogP contribution in [0.25, 0.3) is 0 Å². The van der Waals surface area contributed by atoms with Crippen molar-refractivity contribution in [3.05, 3.63) is 0 Å². The molecule has 3 nitrogen and oxygen atoms in total. The molecule has 0 aromatic rings. The number of aliphatic hydroxyl groups excluding tert-OH is 1. The summed E-state index contributed by atoms with van der Waals surface area (Å²) in [7, 11) is 0. The second kappa shape index (κ2) is 5.66. The molecule has 0 radical (unpaired) electrons. The first-order valence-electron chi connectivity index (χ1n) is 2.31. The Morgan fingerprint density at radius 1 is 1.78 bits per heavy atom. The Hall–Kier alpha value is 0.890. The number of carbonyl (C=O) groups is 1. The summed E-state index contributed by atoms with van der Waals surface area (Å²) in [5.41, 5.74) is 0. The quantitative estimate of drug-likeness (QED) is 0.435. The minimum Gasteiger partial charge on any atom is -0.393 e. The fraction of sp³-hybridized carbons (Fsp3) is 0.750. The van der Waals surface area contributed by atoms with Crippen molar-refractivity contribution >= 4 is 51.1 Å². The molecule has 0 fully saturated rings. The number of carbonyl (C=O) groups excluding carboxylic acids is 1. The second-order valence-electron chi connectivity index (χ2n) is 1.35. The maximum absolute atomic E-state index is 10.5. The van der Waals surface area contributed by atoms with Gasteiger partial charge in [-0.3, -0.25) is 4.79 Å². The summed E-state index contributed by atoms with van der Waals surface area (Å²) >= 11 is 3.92. The summed E-state index contributed by atoms with van der Waals surface area (Å²) in [6, 6.07) is 0. The van der Waals surface area contributed by atoms with Gasteiger partial charge in [0.05, 0.1) is 11.0 Å². The normalized spacial score (nSPS) is 12.8. The third-order valence-electron chi connectivity index (χ3n) is 0.599. The lowest BCUT2D eigenvalue weighted by atomic mass is 10.6. The molecular weight excluding hydrogens is 348 g/mol. The fourth-order valence-electron chi connectivity index (χ4n) is 0.259. The smallest absolute Gasteiger partial charge is 0.230 e. The highest BCUT2D eigenvalue weighted by atomic mass is 127. The van der Waals surface area contributed by atoms with Gasteiger partial charge in [-0.2, -0.15) is 0 Å². The van der Waals surface area contributed by atoms with Gasteiger partial charge < -0.3 is 10.4 Å². The molecule has 0 spiro atoms. The van der Waals surface area contributed by atoms with Crippen molar-refractivity contribution in [2.24, 2.45) is 0 Å². The van der Waals surface area contributed by atoms with Crippen LogP contribution in [0.4, 0.5) is 0 Å². The van der Waals surface area contributed by atoms with Gasteiger partial charge in [0.15, 0.2) is 0 Å². The van der Waals surface area contributed by atoms with E-state index in [9.17, 15) is 4.79 Å². The highest BCUT2D eigenvalue weighted by molar-refractivity contribution is 14.1. The summed E-state index contributed by atoms with van der Waals surface area (Å²) < 4.78 is 0.293. The number of halogens is 2. The third kappa shape index (κ3) is 5.34. The summed E-state index contributed by atoms with van der Waals surface area (Å²) in [6.45, 7) is -0.0110. The van der Waals surface area contributed by atoms with Crippen LogP contribution in [-0.2, 0) is 4.79 Å². The van der Waals surface area contributed by atoms with Crippen molar-refractivity contribution < 1.29 is 9.90 Å². The van der Waals surface area contributed by atoms with E-state index in [4.69, 9.17) is 5.11 Å². The van der Waals surface area contributed by atoms with Crippen LogP contribution in [0.3, 0.4) is 0 Å². The van der Waals surface area contributed by atoms with Gasteiger partial charge in [-0.1, -0.05) is 45.2 Å². The fourth-order valence-corrected chi connectivity index (χ4v) is 0.826. The minimum absolute atomic E-state index is 0.0110. The Bertz CT molecular complexity index is 98.6. The highest BCUT2D eigenvalue weighted by Gasteiger charge is 2.03. The molecule has 54 valence electrons. The van der Waals surface area contributed by atoms with E-state index in [1.165, 1.54) is 0 Å². The molecule has 0 bridgehead atoms. The van der Waals surface area contributed by atoms with E-state index in [0.29, 0.717) is 4.43 Å². The number of hydrogen-bond acceptors (Lipinski definition) is 2. The molecule has 0 heterocycles. The lowest BCUT2D eigenvalue weighted by Crippen LogP contribution is -2.33. The van der Waals surface area contributed by atoms with E-state index in [0.717, 1.165) is 0 Å². The average Bonchev–Trinajstić information content (AvgIpc) is 1.87. The zero-order valence-electron chi connectivity index (χ0n) is 4.60. The van der Waals surface area contributed by atoms with Crippen LogP contribution in [0.2, 0.25) is 0 Å². The largest absolute Gasteiger partial charge is 0.393 e. The Morgan fingerprint density at radius 2 is 2.33 bits per heavy atom. The molecule has 0 aliphatic rings. The lowest BCUT2D eigenvalue weighted by Gasteiger charge is -2.05. The molecule has 2 N–H and O–H groups in total. The molecule has 0 saturated carbocycles. The zero-order valence-corrected chi connectivity index (χ0v) is 8.92. The van der Waals surface area contributed by atoms with Crippen molar-refractivity contribution in [2.75, 3.05) is 11.0 Å². The van der Waals surface area contributed by atoms with Gasteiger partial charge in [0.1, 0.15) is 4.05 Å². The van der Waals surface area contributed by atoms with E-state index >= 15 is 0 Å². The molecule has 5 heteroatoms. The zero-order chi connectivity index (χ0) is 7.28. The number of rotatable bonds is 3. The van der Waals surface area contributed by atoms with Gasteiger partial charge in [-0.25, -0.2) is 0 Å². The molecule has 0 aromatic heterocycles. The SMILES string of the molecule is O=C(CI)NC(I)CO. The minimum atomic E-state index is -0.148. The first kappa shape index (κ1) is 9.89. The monoisotopic (exact) mass is 355 g/mol. The Kier molecular flexibility index (Phi) is 6.22. The molecular formula is C4H7I2NO2. The summed E-state index contributed by atoms with van der Waals surface area (Å²) in [5, 5.41) is 11.0. The van der Waals surface area contributed by atoms with Crippen molar-refractivity contribution in [1.29, 1.82) is 0 Å². The number of amides is 1. The molecule has 9 heavy (non-hydrogen) atoms. The topological polar surface area (TPSA) is 49.3 Å². The number of nitrogens with one attached hydrogen (secondary N) is 1.